The maximum Gasteiger partial charge on any atom is 0.337 e. The van der Waals surface area contributed by atoms with E-state index in [0.717, 1.165) is 31.2 Å². The third-order valence-corrected chi connectivity index (χ3v) is 6.42. The zero-order chi connectivity index (χ0) is 19.4. The number of aromatic carboxylic acids is 1. The third kappa shape index (κ3) is 4.67. The molecule has 0 bridgehead atoms. The largest absolute Gasteiger partial charge is 0.478 e. The van der Waals surface area contributed by atoms with E-state index in [1.54, 1.807) is 13.0 Å². The van der Waals surface area contributed by atoms with Crippen LogP contribution in [0.5, 0.6) is 0 Å². The summed E-state index contributed by atoms with van der Waals surface area (Å²) in [6.07, 6.45) is 4.23. The number of carboxylic acids is 1. The maximum atomic E-state index is 12.7. The van der Waals surface area contributed by atoms with Gasteiger partial charge >= 0.3 is 5.97 Å². The standard InChI is InChI=1S/C20H24N2O4S/c1-14(15-7-3-2-4-8-15)22-27(25,26)17-11-12-19(18(13-17)20(23)24)21-16-9-5-6-10-16/h2-4,7-8,11-14,16,21-22H,5-6,9-10H2,1H3,(H,23,24)/t14-/m0/s1. The number of sulfonamides is 1. The Kier molecular flexibility index (Phi) is 5.82. The molecule has 3 N–H and O–H groups in total. The number of benzene rings is 2. The Morgan fingerprint density at radius 1 is 1.11 bits per heavy atom. The van der Waals surface area contributed by atoms with Crippen molar-refractivity contribution in [2.45, 2.75) is 49.6 Å². The van der Waals surface area contributed by atoms with Gasteiger partial charge in [0.1, 0.15) is 0 Å². The third-order valence-electron chi connectivity index (χ3n) is 4.88. The molecule has 0 aromatic heterocycles. The van der Waals surface area contributed by atoms with Crippen LogP contribution in [0.25, 0.3) is 0 Å². The van der Waals surface area contributed by atoms with Gasteiger partial charge in [0.25, 0.3) is 0 Å². The molecule has 1 aliphatic rings. The van der Waals surface area contributed by atoms with Gasteiger partial charge in [-0.25, -0.2) is 17.9 Å². The van der Waals surface area contributed by atoms with Crippen molar-refractivity contribution in [3.8, 4) is 0 Å². The number of hydrogen-bond donors (Lipinski definition) is 3. The first-order valence-corrected chi connectivity index (χ1v) is 10.6. The highest BCUT2D eigenvalue weighted by Gasteiger charge is 2.23. The van der Waals surface area contributed by atoms with Crippen molar-refractivity contribution < 1.29 is 18.3 Å². The van der Waals surface area contributed by atoms with E-state index >= 15 is 0 Å². The normalized spacial score (nSPS) is 16.2. The topological polar surface area (TPSA) is 95.5 Å². The van der Waals surface area contributed by atoms with Gasteiger partial charge in [0.2, 0.25) is 10.0 Å². The van der Waals surface area contributed by atoms with Crippen molar-refractivity contribution in [1.29, 1.82) is 0 Å². The molecule has 2 aromatic carbocycles. The van der Waals surface area contributed by atoms with Gasteiger partial charge in [-0.1, -0.05) is 43.2 Å². The average molecular weight is 388 g/mol. The lowest BCUT2D eigenvalue weighted by Gasteiger charge is -2.18. The van der Waals surface area contributed by atoms with E-state index in [1.165, 1.54) is 12.1 Å². The van der Waals surface area contributed by atoms with Crippen LogP contribution < -0.4 is 10.0 Å². The lowest BCUT2D eigenvalue weighted by molar-refractivity contribution is 0.0697. The summed E-state index contributed by atoms with van der Waals surface area (Å²) in [7, 11) is -3.85. The molecule has 1 fully saturated rings. The van der Waals surface area contributed by atoms with E-state index in [2.05, 4.69) is 10.0 Å². The van der Waals surface area contributed by atoms with E-state index in [1.807, 2.05) is 30.3 Å². The highest BCUT2D eigenvalue weighted by Crippen LogP contribution is 2.27. The summed E-state index contributed by atoms with van der Waals surface area (Å²) in [5, 5.41) is 12.8. The molecule has 0 heterocycles. The Morgan fingerprint density at radius 2 is 1.78 bits per heavy atom. The minimum Gasteiger partial charge on any atom is -0.478 e. The van der Waals surface area contributed by atoms with Crippen LogP contribution in [0.4, 0.5) is 5.69 Å². The second kappa shape index (κ2) is 8.10. The summed E-state index contributed by atoms with van der Waals surface area (Å²) >= 11 is 0. The van der Waals surface area contributed by atoms with Crippen LogP contribution in [-0.4, -0.2) is 25.5 Å². The summed E-state index contributed by atoms with van der Waals surface area (Å²) in [5.41, 5.74) is 1.26. The average Bonchev–Trinajstić information content (AvgIpc) is 3.15. The van der Waals surface area contributed by atoms with Crippen molar-refractivity contribution in [1.82, 2.24) is 4.72 Å². The minimum absolute atomic E-state index is 0.0304. The van der Waals surface area contributed by atoms with Crippen molar-refractivity contribution in [3.63, 3.8) is 0 Å². The monoisotopic (exact) mass is 388 g/mol. The lowest BCUT2D eigenvalue weighted by atomic mass is 10.1. The Bertz CT molecular complexity index is 907. The highest BCUT2D eigenvalue weighted by molar-refractivity contribution is 7.89. The number of rotatable bonds is 7. The van der Waals surface area contributed by atoms with E-state index in [-0.39, 0.29) is 16.5 Å². The quantitative estimate of drug-likeness (QED) is 0.671. The Labute approximate surface area is 159 Å². The molecule has 0 radical (unpaired) electrons. The lowest BCUT2D eigenvalue weighted by Crippen LogP contribution is -2.27. The number of anilines is 1. The van der Waals surface area contributed by atoms with Crippen LogP contribution in [0, 0.1) is 0 Å². The van der Waals surface area contributed by atoms with Crippen LogP contribution in [0.2, 0.25) is 0 Å². The smallest absolute Gasteiger partial charge is 0.337 e. The van der Waals surface area contributed by atoms with Crippen LogP contribution >= 0.6 is 0 Å². The molecule has 1 saturated carbocycles. The summed E-state index contributed by atoms with van der Waals surface area (Å²) in [6.45, 7) is 1.75. The van der Waals surface area contributed by atoms with Crippen LogP contribution in [-0.2, 0) is 10.0 Å². The molecule has 27 heavy (non-hydrogen) atoms. The molecule has 0 aliphatic heterocycles. The molecule has 1 aliphatic carbocycles. The van der Waals surface area contributed by atoms with Gasteiger partial charge in [-0.3, -0.25) is 0 Å². The zero-order valence-corrected chi connectivity index (χ0v) is 16.0. The Morgan fingerprint density at radius 3 is 2.41 bits per heavy atom. The Balaban J connectivity index is 1.84. The van der Waals surface area contributed by atoms with Crippen molar-refractivity contribution in [2.75, 3.05) is 5.32 Å². The summed E-state index contributed by atoms with van der Waals surface area (Å²) in [5.74, 6) is -1.15. The second-order valence-corrected chi connectivity index (χ2v) is 8.61. The van der Waals surface area contributed by atoms with Gasteiger partial charge in [0.15, 0.2) is 0 Å². The molecule has 2 aromatic rings. The number of carbonyl (C=O) groups is 1. The first-order chi connectivity index (χ1) is 12.9. The first kappa shape index (κ1) is 19.4. The molecule has 6 nitrogen and oxygen atoms in total. The van der Waals surface area contributed by atoms with E-state index in [9.17, 15) is 18.3 Å². The van der Waals surface area contributed by atoms with E-state index < -0.39 is 22.0 Å². The number of carboxylic acid groups (broad SMARTS) is 1. The van der Waals surface area contributed by atoms with Gasteiger partial charge < -0.3 is 10.4 Å². The van der Waals surface area contributed by atoms with E-state index in [4.69, 9.17) is 0 Å². The molecule has 0 spiro atoms. The Hall–Kier alpha value is -2.38. The molecule has 0 unspecified atom stereocenters. The predicted octanol–water partition coefficient (Wildman–Crippen LogP) is 3.78. The molecule has 1 atom stereocenters. The maximum absolute atomic E-state index is 12.7. The van der Waals surface area contributed by atoms with Gasteiger partial charge in [-0.2, -0.15) is 0 Å². The van der Waals surface area contributed by atoms with Crippen molar-refractivity contribution >= 4 is 21.7 Å². The molecule has 0 amide bonds. The number of nitrogens with one attached hydrogen (secondary N) is 2. The molecule has 7 heteroatoms. The van der Waals surface area contributed by atoms with Crippen LogP contribution in [0.1, 0.15) is 54.6 Å². The molecule has 144 valence electrons. The van der Waals surface area contributed by atoms with E-state index in [0.29, 0.717) is 5.69 Å². The number of hydrogen-bond acceptors (Lipinski definition) is 4. The first-order valence-electron chi connectivity index (χ1n) is 9.08. The van der Waals surface area contributed by atoms with Crippen molar-refractivity contribution in [2.24, 2.45) is 0 Å². The van der Waals surface area contributed by atoms with Crippen molar-refractivity contribution in [3.05, 3.63) is 59.7 Å². The minimum atomic E-state index is -3.85. The van der Waals surface area contributed by atoms with Crippen LogP contribution in [0.15, 0.2) is 53.4 Å². The molecule has 0 saturated heterocycles. The fraction of sp³-hybridized carbons (Fsp3) is 0.350. The fourth-order valence-corrected chi connectivity index (χ4v) is 4.65. The fourth-order valence-electron chi connectivity index (χ4n) is 3.39. The van der Waals surface area contributed by atoms with Gasteiger partial charge in [-0.05, 0) is 43.5 Å². The molecular formula is C20H24N2O4S. The summed E-state index contributed by atoms with van der Waals surface area (Å²) in [6, 6.07) is 13.2. The predicted molar refractivity (Wildman–Crippen MR) is 104 cm³/mol. The molecular weight excluding hydrogens is 364 g/mol. The zero-order valence-electron chi connectivity index (χ0n) is 15.2. The second-order valence-electron chi connectivity index (χ2n) is 6.89. The summed E-state index contributed by atoms with van der Waals surface area (Å²) in [4.78, 5) is 11.6. The van der Waals surface area contributed by atoms with Gasteiger partial charge in [0.05, 0.1) is 10.5 Å². The van der Waals surface area contributed by atoms with Gasteiger partial charge in [0, 0.05) is 17.8 Å². The molecule has 3 rings (SSSR count). The highest BCUT2D eigenvalue weighted by atomic mass is 32.2. The van der Waals surface area contributed by atoms with Crippen LogP contribution in [0.3, 0.4) is 0 Å². The SMILES string of the molecule is C[C@H](NS(=O)(=O)c1ccc(NC2CCCC2)c(C(=O)O)c1)c1ccccc1. The summed E-state index contributed by atoms with van der Waals surface area (Å²) < 4.78 is 28.1. The van der Waals surface area contributed by atoms with Gasteiger partial charge in [-0.15, -0.1) is 0 Å².